The Labute approximate surface area is 85.3 Å². The van der Waals surface area contributed by atoms with Gasteiger partial charge in [0.05, 0.1) is 11.9 Å². The number of aromatic nitrogens is 1. The number of aliphatic hydroxyl groups excluding tert-OH is 1. The van der Waals surface area contributed by atoms with Crippen LogP contribution in [0.1, 0.15) is 12.8 Å². The van der Waals surface area contributed by atoms with Gasteiger partial charge in [0, 0.05) is 16.6 Å². The van der Waals surface area contributed by atoms with Crippen molar-refractivity contribution in [3.05, 3.63) is 22.9 Å². The van der Waals surface area contributed by atoms with E-state index in [0.717, 1.165) is 23.0 Å². The van der Waals surface area contributed by atoms with Gasteiger partial charge in [-0.2, -0.15) is 0 Å². The topological polar surface area (TPSA) is 45.1 Å². The van der Waals surface area contributed by atoms with Gasteiger partial charge in [-0.05, 0) is 34.8 Å². The van der Waals surface area contributed by atoms with E-state index in [4.69, 9.17) is 0 Å². The highest BCUT2D eigenvalue weighted by Gasteiger charge is 2.29. The van der Waals surface area contributed by atoms with Gasteiger partial charge >= 0.3 is 0 Å². The second kappa shape index (κ2) is 3.64. The number of aliphatic hydroxyl groups is 1. The maximum absolute atomic E-state index is 9.58. The van der Waals surface area contributed by atoms with Crippen molar-refractivity contribution in [2.75, 3.05) is 5.32 Å². The molecule has 1 aliphatic rings. The summed E-state index contributed by atoms with van der Waals surface area (Å²) in [5, 5.41) is 12.6. The van der Waals surface area contributed by atoms with Gasteiger partial charge < -0.3 is 10.4 Å². The van der Waals surface area contributed by atoms with Gasteiger partial charge in [0.15, 0.2) is 0 Å². The minimum absolute atomic E-state index is 0.420. The van der Waals surface area contributed by atoms with Crippen LogP contribution < -0.4 is 5.32 Å². The molecule has 0 saturated heterocycles. The Bertz CT molecular complexity index is 301. The van der Waals surface area contributed by atoms with E-state index in [1.54, 1.807) is 12.4 Å². The van der Waals surface area contributed by atoms with Gasteiger partial charge in [-0.1, -0.05) is 0 Å². The fraction of sp³-hybridized carbons (Fsp3) is 0.444. The Morgan fingerprint density at radius 3 is 2.92 bits per heavy atom. The molecular weight excluding hydrogens is 232 g/mol. The summed E-state index contributed by atoms with van der Waals surface area (Å²) in [5.41, 5.74) is 0.855. The zero-order valence-corrected chi connectivity index (χ0v) is 8.66. The molecule has 1 saturated carbocycles. The molecule has 1 atom stereocenters. The lowest BCUT2D eigenvalue weighted by Gasteiger charge is -2.12. The summed E-state index contributed by atoms with van der Waals surface area (Å²) in [7, 11) is 0. The molecule has 4 heteroatoms. The summed E-state index contributed by atoms with van der Waals surface area (Å²) < 4.78 is 0.917. The molecule has 1 aliphatic carbocycles. The lowest BCUT2D eigenvalue weighted by molar-refractivity contribution is 0.180. The minimum Gasteiger partial charge on any atom is -0.374 e. The van der Waals surface area contributed by atoms with E-state index in [-0.39, 0.29) is 0 Å². The highest BCUT2D eigenvalue weighted by molar-refractivity contribution is 9.10. The third-order valence-electron chi connectivity index (χ3n) is 2.09. The predicted octanol–water partition coefficient (Wildman–Crippen LogP) is 1.98. The van der Waals surface area contributed by atoms with Crippen molar-refractivity contribution in [2.24, 2.45) is 5.92 Å². The molecule has 2 rings (SSSR count). The molecule has 1 aromatic rings. The monoisotopic (exact) mass is 242 g/mol. The number of hydrogen-bond donors (Lipinski definition) is 2. The average molecular weight is 243 g/mol. The summed E-state index contributed by atoms with van der Waals surface area (Å²) in [5.74, 6) is 0.430. The molecule has 1 unspecified atom stereocenters. The maximum Gasteiger partial charge on any atom is 0.127 e. The molecule has 2 N–H and O–H groups in total. The predicted molar refractivity (Wildman–Crippen MR) is 54.3 cm³/mol. The Morgan fingerprint density at radius 2 is 2.31 bits per heavy atom. The van der Waals surface area contributed by atoms with E-state index >= 15 is 0 Å². The Balaban J connectivity index is 2.00. The van der Waals surface area contributed by atoms with Crippen molar-refractivity contribution >= 4 is 21.6 Å². The van der Waals surface area contributed by atoms with Crippen LogP contribution in [0.25, 0.3) is 0 Å². The zero-order chi connectivity index (χ0) is 9.26. The number of hydrogen-bond acceptors (Lipinski definition) is 3. The highest BCUT2D eigenvalue weighted by Crippen LogP contribution is 2.33. The molecule has 0 bridgehead atoms. The number of nitrogens with one attached hydrogen (secondary N) is 1. The molecule has 0 aliphatic heterocycles. The standard InChI is InChI=1S/C9H11BrN2O/c10-7-3-8(5-11-4-7)12-9(13)6-1-2-6/h3-6,9,12-13H,1-2H2. The molecule has 0 spiro atoms. The summed E-state index contributed by atoms with van der Waals surface area (Å²) in [6.45, 7) is 0. The van der Waals surface area contributed by atoms with E-state index in [2.05, 4.69) is 26.2 Å². The molecule has 13 heavy (non-hydrogen) atoms. The van der Waals surface area contributed by atoms with Gasteiger partial charge in [0.1, 0.15) is 6.23 Å². The van der Waals surface area contributed by atoms with E-state index in [9.17, 15) is 5.11 Å². The molecule has 3 nitrogen and oxygen atoms in total. The van der Waals surface area contributed by atoms with Crippen molar-refractivity contribution in [3.63, 3.8) is 0 Å². The summed E-state index contributed by atoms with van der Waals surface area (Å²) in [6.07, 6.45) is 5.24. The SMILES string of the molecule is OC(Nc1cncc(Br)c1)C1CC1. The second-order valence-electron chi connectivity index (χ2n) is 3.32. The van der Waals surface area contributed by atoms with E-state index < -0.39 is 6.23 Å². The van der Waals surface area contributed by atoms with Gasteiger partial charge in [-0.25, -0.2) is 0 Å². The minimum atomic E-state index is -0.420. The van der Waals surface area contributed by atoms with Crippen molar-refractivity contribution < 1.29 is 5.11 Å². The Morgan fingerprint density at radius 1 is 1.54 bits per heavy atom. The summed E-state index contributed by atoms with van der Waals surface area (Å²) in [4.78, 5) is 4.00. The third kappa shape index (κ3) is 2.42. The van der Waals surface area contributed by atoms with Crippen LogP contribution in [0.3, 0.4) is 0 Å². The first-order valence-electron chi connectivity index (χ1n) is 4.31. The Kier molecular flexibility index (Phi) is 2.51. The van der Waals surface area contributed by atoms with E-state index in [0.29, 0.717) is 5.92 Å². The van der Waals surface area contributed by atoms with Gasteiger partial charge in [0.25, 0.3) is 0 Å². The first-order chi connectivity index (χ1) is 6.25. The second-order valence-corrected chi connectivity index (χ2v) is 4.23. The smallest absolute Gasteiger partial charge is 0.127 e. The molecule has 0 radical (unpaired) electrons. The van der Waals surface area contributed by atoms with E-state index in [1.165, 1.54) is 0 Å². The normalized spacial score (nSPS) is 18.3. The first kappa shape index (κ1) is 8.97. The van der Waals surface area contributed by atoms with Crippen molar-refractivity contribution in [1.29, 1.82) is 0 Å². The van der Waals surface area contributed by atoms with Crippen LogP contribution >= 0.6 is 15.9 Å². The first-order valence-corrected chi connectivity index (χ1v) is 5.10. The number of nitrogens with zero attached hydrogens (tertiary/aromatic N) is 1. The van der Waals surface area contributed by atoms with Gasteiger partial charge in [0.2, 0.25) is 0 Å². The van der Waals surface area contributed by atoms with Crippen molar-refractivity contribution in [1.82, 2.24) is 4.98 Å². The van der Waals surface area contributed by atoms with Crippen LogP contribution in [0.4, 0.5) is 5.69 Å². The van der Waals surface area contributed by atoms with Crippen LogP contribution in [0.2, 0.25) is 0 Å². The number of pyridine rings is 1. The summed E-state index contributed by atoms with van der Waals surface area (Å²) in [6, 6.07) is 1.90. The molecule has 1 heterocycles. The molecule has 0 aromatic carbocycles. The molecule has 0 amide bonds. The lowest BCUT2D eigenvalue weighted by atomic mass is 10.3. The fourth-order valence-electron chi connectivity index (χ4n) is 1.19. The van der Waals surface area contributed by atoms with Crippen LogP contribution in [0.15, 0.2) is 22.9 Å². The van der Waals surface area contributed by atoms with Crippen LogP contribution in [0.5, 0.6) is 0 Å². The Hall–Kier alpha value is -0.610. The zero-order valence-electron chi connectivity index (χ0n) is 7.07. The van der Waals surface area contributed by atoms with Gasteiger partial charge in [-0.3, -0.25) is 4.98 Å². The highest BCUT2D eigenvalue weighted by atomic mass is 79.9. The third-order valence-corrected chi connectivity index (χ3v) is 2.52. The number of rotatable bonds is 3. The van der Waals surface area contributed by atoms with Crippen LogP contribution in [0, 0.1) is 5.92 Å². The molecular formula is C9H11BrN2O. The average Bonchev–Trinajstić information content (AvgIpc) is 2.85. The number of anilines is 1. The maximum atomic E-state index is 9.58. The lowest BCUT2D eigenvalue weighted by Crippen LogP contribution is -2.20. The van der Waals surface area contributed by atoms with Crippen LogP contribution in [-0.4, -0.2) is 16.3 Å². The molecule has 1 aromatic heterocycles. The molecule has 70 valence electrons. The largest absolute Gasteiger partial charge is 0.374 e. The van der Waals surface area contributed by atoms with Gasteiger partial charge in [-0.15, -0.1) is 0 Å². The quantitative estimate of drug-likeness (QED) is 0.798. The fourth-order valence-corrected chi connectivity index (χ4v) is 1.56. The summed E-state index contributed by atoms with van der Waals surface area (Å²) >= 11 is 3.32. The van der Waals surface area contributed by atoms with E-state index in [1.807, 2.05) is 6.07 Å². The van der Waals surface area contributed by atoms with Crippen molar-refractivity contribution in [3.8, 4) is 0 Å². The molecule has 1 fully saturated rings. The number of halogens is 1. The van der Waals surface area contributed by atoms with Crippen LogP contribution in [-0.2, 0) is 0 Å². The van der Waals surface area contributed by atoms with Crippen molar-refractivity contribution in [2.45, 2.75) is 19.1 Å².